The van der Waals surface area contributed by atoms with Gasteiger partial charge in [0.2, 0.25) is 0 Å². The van der Waals surface area contributed by atoms with E-state index in [1.54, 1.807) is 0 Å². The van der Waals surface area contributed by atoms with Crippen LogP contribution in [0.1, 0.15) is 18.9 Å². The van der Waals surface area contributed by atoms with Crippen molar-refractivity contribution in [2.75, 3.05) is 0 Å². The highest BCUT2D eigenvalue weighted by Gasteiger charge is 2.07. The van der Waals surface area contributed by atoms with Crippen LogP contribution in [0.15, 0.2) is 110 Å². The van der Waals surface area contributed by atoms with Gasteiger partial charge < -0.3 is 0 Å². The molecule has 144 valence electrons. The standard InChI is InChI=1S/C30H24/c1-3-4-7-21(2)22-10-12-23(13-11-22)26-18-19-29-27(20-26)17-16-25-15-14-24-8-5-6-9-28(24)30(25)29/h4-20H,2-3H2,1H3/b7-4-. The highest BCUT2D eigenvalue weighted by Crippen LogP contribution is 2.34. The van der Waals surface area contributed by atoms with Gasteiger partial charge in [-0.25, -0.2) is 0 Å². The van der Waals surface area contributed by atoms with Gasteiger partial charge in [-0.3, -0.25) is 0 Å². The Kier molecular flexibility index (Phi) is 4.69. The van der Waals surface area contributed by atoms with Gasteiger partial charge >= 0.3 is 0 Å². The minimum Gasteiger partial charge on any atom is -0.0912 e. The number of fused-ring (bicyclic) bond motifs is 5. The molecule has 0 nitrogen and oxygen atoms in total. The fourth-order valence-corrected chi connectivity index (χ4v) is 4.25. The lowest BCUT2D eigenvalue weighted by Crippen LogP contribution is -1.84. The second-order valence-electron chi connectivity index (χ2n) is 7.80. The lowest BCUT2D eigenvalue weighted by molar-refractivity contribution is 1.23. The van der Waals surface area contributed by atoms with Gasteiger partial charge in [0.15, 0.2) is 0 Å². The van der Waals surface area contributed by atoms with Crippen LogP contribution in [0, 0.1) is 0 Å². The van der Waals surface area contributed by atoms with Crippen molar-refractivity contribution in [3.05, 3.63) is 115 Å². The molecule has 0 unspecified atom stereocenters. The molecule has 0 atom stereocenters. The number of rotatable bonds is 4. The average Bonchev–Trinajstić information content (AvgIpc) is 2.81. The summed E-state index contributed by atoms with van der Waals surface area (Å²) >= 11 is 0. The van der Waals surface area contributed by atoms with E-state index in [9.17, 15) is 0 Å². The molecule has 5 aromatic rings. The van der Waals surface area contributed by atoms with Crippen molar-refractivity contribution in [2.24, 2.45) is 0 Å². The molecular weight excluding hydrogens is 360 g/mol. The maximum Gasteiger partial charge on any atom is -0.00268 e. The van der Waals surface area contributed by atoms with Crippen molar-refractivity contribution < 1.29 is 0 Å². The second-order valence-corrected chi connectivity index (χ2v) is 7.80. The van der Waals surface area contributed by atoms with E-state index in [2.05, 4.69) is 117 Å². The van der Waals surface area contributed by atoms with Gasteiger partial charge in [0, 0.05) is 0 Å². The Bertz CT molecular complexity index is 1420. The van der Waals surface area contributed by atoms with E-state index in [1.165, 1.54) is 49.0 Å². The van der Waals surface area contributed by atoms with Crippen LogP contribution in [-0.4, -0.2) is 0 Å². The molecule has 0 saturated heterocycles. The fraction of sp³-hybridized carbons (Fsp3) is 0.0667. The Balaban J connectivity index is 1.60. The molecule has 0 aliphatic rings. The molecule has 30 heavy (non-hydrogen) atoms. The molecule has 0 aromatic heterocycles. The van der Waals surface area contributed by atoms with Crippen molar-refractivity contribution in [3.63, 3.8) is 0 Å². The maximum absolute atomic E-state index is 4.17. The van der Waals surface area contributed by atoms with Crippen LogP contribution < -0.4 is 0 Å². The first-order chi connectivity index (χ1) is 14.7. The Hall–Kier alpha value is -3.64. The summed E-state index contributed by atoms with van der Waals surface area (Å²) in [5.74, 6) is 0. The molecule has 0 radical (unpaired) electrons. The molecule has 0 spiro atoms. The first-order valence-electron chi connectivity index (χ1n) is 10.5. The van der Waals surface area contributed by atoms with E-state index in [-0.39, 0.29) is 0 Å². The predicted molar refractivity (Wildman–Crippen MR) is 133 cm³/mol. The summed E-state index contributed by atoms with van der Waals surface area (Å²) in [5.41, 5.74) is 4.69. The Morgan fingerprint density at radius 1 is 0.700 bits per heavy atom. The van der Waals surface area contributed by atoms with Crippen molar-refractivity contribution in [1.29, 1.82) is 0 Å². The molecular formula is C30H24. The van der Waals surface area contributed by atoms with Gasteiger partial charge in [0.1, 0.15) is 0 Å². The minimum atomic E-state index is 1.03. The topological polar surface area (TPSA) is 0 Å². The summed E-state index contributed by atoms with van der Waals surface area (Å²) in [4.78, 5) is 0. The van der Waals surface area contributed by atoms with Crippen molar-refractivity contribution in [3.8, 4) is 11.1 Å². The maximum atomic E-state index is 4.17. The van der Waals surface area contributed by atoms with E-state index in [1.807, 2.05) is 0 Å². The smallest absolute Gasteiger partial charge is 0.00268 e. The fourth-order valence-electron chi connectivity index (χ4n) is 4.25. The van der Waals surface area contributed by atoms with Crippen LogP contribution in [0.4, 0.5) is 0 Å². The van der Waals surface area contributed by atoms with Gasteiger partial charge in [-0.2, -0.15) is 0 Å². The predicted octanol–water partition coefficient (Wildman–Crippen LogP) is 8.79. The SMILES string of the molecule is C=C(/C=C\CC)c1ccc(-c2ccc3c(ccc4ccc5ccccc5c43)c2)cc1. The van der Waals surface area contributed by atoms with E-state index in [0.717, 1.165) is 12.0 Å². The first-order valence-corrected chi connectivity index (χ1v) is 10.5. The van der Waals surface area contributed by atoms with E-state index >= 15 is 0 Å². The van der Waals surface area contributed by atoms with Gasteiger partial charge in [-0.1, -0.05) is 111 Å². The Labute approximate surface area is 177 Å². The quantitative estimate of drug-likeness (QED) is 0.214. The molecule has 0 aliphatic carbocycles. The third-order valence-corrected chi connectivity index (χ3v) is 5.87. The Morgan fingerprint density at radius 2 is 1.37 bits per heavy atom. The summed E-state index contributed by atoms with van der Waals surface area (Å²) in [6.07, 6.45) is 5.27. The molecule has 0 heteroatoms. The van der Waals surface area contributed by atoms with Gasteiger partial charge in [-0.15, -0.1) is 0 Å². The van der Waals surface area contributed by atoms with Crippen LogP contribution in [0.5, 0.6) is 0 Å². The number of benzene rings is 5. The van der Waals surface area contributed by atoms with Crippen LogP contribution in [-0.2, 0) is 0 Å². The first kappa shape index (κ1) is 18.4. The molecule has 5 aromatic carbocycles. The highest BCUT2D eigenvalue weighted by molar-refractivity contribution is 6.20. The second kappa shape index (κ2) is 7.65. The molecule has 0 saturated carbocycles. The summed E-state index contributed by atoms with van der Waals surface area (Å²) in [7, 11) is 0. The van der Waals surface area contributed by atoms with Crippen molar-refractivity contribution in [1.82, 2.24) is 0 Å². The third kappa shape index (κ3) is 3.21. The third-order valence-electron chi connectivity index (χ3n) is 5.87. The Morgan fingerprint density at radius 3 is 2.17 bits per heavy atom. The van der Waals surface area contributed by atoms with Gasteiger partial charge in [-0.05, 0) is 67.1 Å². The number of allylic oxidation sites excluding steroid dienone is 3. The molecule has 0 N–H and O–H groups in total. The van der Waals surface area contributed by atoms with Crippen LogP contribution >= 0.6 is 0 Å². The molecule has 0 bridgehead atoms. The zero-order chi connectivity index (χ0) is 20.5. The summed E-state index contributed by atoms with van der Waals surface area (Å²) < 4.78 is 0. The molecule has 0 heterocycles. The van der Waals surface area contributed by atoms with Crippen LogP contribution in [0.3, 0.4) is 0 Å². The minimum absolute atomic E-state index is 1.03. The lowest BCUT2D eigenvalue weighted by Gasteiger charge is -2.10. The number of hydrogen-bond donors (Lipinski definition) is 0. The number of hydrogen-bond acceptors (Lipinski definition) is 0. The zero-order valence-corrected chi connectivity index (χ0v) is 17.2. The van der Waals surface area contributed by atoms with Gasteiger partial charge in [0.25, 0.3) is 0 Å². The van der Waals surface area contributed by atoms with E-state index < -0.39 is 0 Å². The van der Waals surface area contributed by atoms with Crippen molar-refractivity contribution in [2.45, 2.75) is 13.3 Å². The average molecular weight is 385 g/mol. The van der Waals surface area contributed by atoms with Gasteiger partial charge in [0.05, 0.1) is 0 Å². The molecule has 0 amide bonds. The van der Waals surface area contributed by atoms with Crippen LogP contribution in [0.25, 0.3) is 49.0 Å². The van der Waals surface area contributed by atoms with Crippen molar-refractivity contribution >= 4 is 37.9 Å². The summed E-state index contributed by atoms with van der Waals surface area (Å²) in [5, 5.41) is 7.81. The van der Waals surface area contributed by atoms with Crippen LogP contribution in [0.2, 0.25) is 0 Å². The summed E-state index contributed by atoms with van der Waals surface area (Å²) in [6, 6.07) is 33.1. The lowest BCUT2D eigenvalue weighted by atomic mass is 9.94. The van der Waals surface area contributed by atoms with E-state index in [4.69, 9.17) is 0 Å². The van der Waals surface area contributed by atoms with E-state index in [0.29, 0.717) is 0 Å². The zero-order valence-electron chi connectivity index (χ0n) is 17.2. The molecule has 5 rings (SSSR count). The normalized spacial score (nSPS) is 11.6. The molecule has 0 fully saturated rings. The highest BCUT2D eigenvalue weighted by atomic mass is 14.1. The largest absolute Gasteiger partial charge is 0.0912 e. The monoisotopic (exact) mass is 384 g/mol. The molecule has 0 aliphatic heterocycles. The summed E-state index contributed by atoms with van der Waals surface area (Å²) in [6.45, 7) is 6.31.